The lowest BCUT2D eigenvalue weighted by Crippen LogP contribution is -2.67. The molecule has 0 aromatic heterocycles. The summed E-state index contributed by atoms with van der Waals surface area (Å²) in [5.74, 6) is 0. The van der Waals surface area contributed by atoms with Gasteiger partial charge in [0.15, 0.2) is 12.6 Å². The van der Waals surface area contributed by atoms with Crippen LogP contribution in [0.1, 0.15) is 5.56 Å². The van der Waals surface area contributed by atoms with Crippen molar-refractivity contribution in [1.82, 2.24) is 5.32 Å². The van der Waals surface area contributed by atoms with E-state index in [4.69, 9.17) is 18.9 Å². The maximum absolute atomic E-state index is 12.3. The third kappa shape index (κ3) is 5.96. The number of benzene rings is 1. The Balaban J connectivity index is 1.72. The normalized spacial score (nSPS) is 39.1. The highest BCUT2D eigenvalue weighted by Crippen LogP contribution is 2.28. The van der Waals surface area contributed by atoms with E-state index in [1.54, 1.807) is 30.3 Å². The van der Waals surface area contributed by atoms with Crippen molar-refractivity contribution >= 4 is 6.09 Å². The number of hydrogen-bond acceptors (Lipinski definition) is 12. The van der Waals surface area contributed by atoms with Gasteiger partial charge in [0.25, 0.3) is 0 Å². The van der Waals surface area contributed by atoms with E-state index in [0.717, 1.165) is 0 Å². The smallest absolute Gasteiger partial charge is 0.407 e. The Labute approximate surface area is 188 Å². The van der Waals surface area contributed by atoms with Gasteiger partial charge in [-0.1, -0.05) is 30.3 Å². The first-order chi connectivity index (χ1) is 15.8. The fraction of sp³-hybridized carbons (Fsp3) is 0.650. The Bertz CT molecular complexity index is 752. The average Bonchev–Trinajstić information content (AvgIpc) is 2.82. The van der Waals surface area contributed by atoms with Crippen LogP contribution < -0.4 is 5.32 Å². The quantitative estimate of drug-likeness (QED) is 0.194. The largest absolute Gasteiger partial charge is 0.445 e. The van der Waals surface area contributed by atoms with Crippen LogP contribution in [0.2, 0.25) is 0 Å². The second-order valence-electron chi connectivity index (χ2n) is 7.77. The summed E-state index contributed by atoms with van der Waals surface area (Å²) in [4.78, 5) is 12.3. The molecule has 0 aliphatic carbocycles. The number of alkyl carbamates (subject to hydrolysis) is 1. The van der Waals surface area contributed by atoms with Crippen LogP contribution in [0.15, 0.2) is 30.3 Å². The Hall–Kier alpha value is -1.91. The zero-order valence-corrected chi connectivity index (χ0v) is 17.5. The molecule has 2 aliphatic heterocycles. The minimum Gasteiger partial charge on any atom is -0.445 e. The SMILES string of the molecule is O=C(NC1[C@@H](O[C@@H]2OC(CO)[C@H](O)[C@H](O)C2O)[C@H](O)C(CO)O[C@@H]1O)OCc1ccccc1. The fourth-order valence-corrected chi connectivity index (χ4v) is 3.64. The van der Waals surface area contributed by atoms with E-state index >= 15 is 0 Å². The van der Waals surface area contributed by atoms with Crippen molar-refractivity contribution in [3.8, 4) is 0 Å². The summed E-state index contributed by atoms with van der Waals surface area (Å²) in [5, 5.41) is 72.1. The van der Waals surface area contributed by atoms with E-state index in [9.17, 15) is 40.5 Å². The van der Waals surface area contributed by atoms with Crippen LogP contribution in [0, 0.1) is 0 Å². The first-order valence-electron chi connectivity index (χ1n) is 10.3. The van der Waals surface area contributed by atoms with E-state index in [1.807, 2.05) is 0 Å². The van der Waals surface area contributed by atoms with E-state index in [1.165, 1.54) is 0 Å². The first-order valence-corrected chi connectivity index (χ1v) is 10.3. The van der Waals surface area contributed by atoms with Gasteiger partial charge in [0.1, 0.15) is 55.4 Å². The summed E-state index contributed by atoms with van der Waals surface area (Å²) in [7, 11) is 0. The van der Waals surface area contributed by atoms with Gasteiger partial charge in [-0.15, -0.1) is 0 Å². The fourth-order valence-electron chi connectivity index (χ4n) is 3.64. The molecular weight excluding hydrogens is 446 g/mol. The van der Waals surface area contributed by atoms with Gasteiger partial charge in [0, 0.05) is 0 Å². The monoisotopic (exact) mass is 475 g/mol. The molecule has 186 valence electrons. The number of rotatable bonds is 7. The first kappa shape index (κ1) is 25.7. The van der Waals surface area contributed by atoms with Crippen LogP contribution in [0.3, 0.4) is 0 Å². The highest BCUT2D eigenvalue weighted by Gasteiger charge is 2.51. The molecule has 33 heavy (non-hydrogen) atoms. The lowest BCUT2D eigenvalue weighted by molar-refractivity contribution is -0.341. The second kappa shape index (κ2) is 11.5. The topological polar surface area (TPSA) is 208 Å². The van der Waals surface area contributed by atoms with Gasteiger partial charge >= 0.3 is 6.09 Å². The molecule has 0 spiro atoms. The van der Waals surface area contributed by atoms with Crippen molar-refractivity contribution in [2.24, 2.45) is 0 Å². The summed E-state index contributed by atoms with van der Waals surface area (Å²) in [6.45, 7) is -1.51. The van der Waals surface area contributed by atoms with Crippen LogP contribution in [0.4, 0.5) is 4.79 Å². The van der Waals surface area contributed by atoms with Gasteiger partial charge in [-0.2, -0.15) is 0 Å². The predicted octanol–water partition coefficient (Wildman–Crippen LogP) is -3.46. The third-order valence-electron chi connectivity index (χ3n) is 5.51. The van der Waals surface area contributed by atoms with Gasteiger partial charge in [-0.05, 0) is 5.56 Å². The molecule has 1 aromatic carbocycles. The summed E-state index contributed by atoms with van der Waals surface area (Å²) in [6.07, 6.45) is -15.3. The molecule has 13 nitrogen and oxygen atoms in total. The van der Waals surface area contributed by atoms with Crippen LogP contribution >= 0.6 is 0 Å². The number of carbonyl (C=O) groups excluding carboxylic acids is 1. The average molecular weight is 475 g/mol. The molecule has 2 fully saturated rings. The standard InChI is InChI=1S/C20H29NO12/c22-6-10-13(24)15(26)16(27)19(32-10)33-17-12(18(28)31-11(7-23)14(17)25)21-20(29)30-8-9-4-2-1-3-5-9/h1-5,10-19,22-28H,6-8H2,(H,21,29)/t10?,11?,12?,13-,14+,15-,16?,17+,18-,19-/m0/s1. The lowest BCUT2D eigenvalue weighted by atomic mass is 9.95. The van der Waals surface area contributed by atoms with Crippen molar-refractivity contribution in [1.29, 1.82) is 0 Å². The number of nitrogens with one attached hydrogen (secondary N) is 1. The molecule has 13 heteroatoms. The van der Waals surface area contributed by atoms with Crippen molar-refractivity contribution < 1.29 is 59.5 Å². The lowest BCUT2D eigenvalue weighted by Gasteiger charge is -2.46. The molecule has 0 saturated carbocycles. The minimum absolute atomic E-state index is 0.0869. The molecule has 2 saturated heterocycles. The Morgan fingerprint density at radius 1 is 0.879 bits per heavy atom. The summed E-state index contributed by atoms with van der Waals surface area (Å²) >= 11 is 0. The zero-order chi connectivity index (χ0) is 24.1. The van der Waals surface area contributed by atoms with E-state index in [0.29, 0.717) is 5.56 Å². The number of ether oxygens (including phenoxy) is 4. The Kier molecular flexibility index (Phi) is 8.95. The van der Waals surface area contributed by atoms with Gasteiger partial charge < -0.3 is 60.0 Å². The minimum atomic E-state index is -1.80. The number of amides is 1. The molecule has 2 aliphatic rings. The molecule has 10 atom stereocenters. The molecule has 1 aromatic rings. The van der Waals surface area contributed by atoms with Crippen LogP contribution in [0.5, 0.6) is 0 Å². The Morgan fingerprint density at radius 2 is 1.52 bits per heavy atom. The molecule has 0 bridgehead atoms. The molecule has 3 rings (SSSR count). The number of hydrogen-bond donors (Lipinski definition) is 8. The Morgan fingerprint density at radius 3 is 2.15 bits per heavy atom. The van der Waals surface area contributed by atoms with E-state index < -0.39 is 80.7 Å². The van der Waals surface area contributed by atoms with Crippen LogP contribution in [-0.2, 0) is 25.6 Å². The predicted molar refractivity (Wildman–Crippen MR) is 106 cm³/mol. The van der Waals surface area contributed by atoms with Crippen molar-refractivity contribution in [3.63, 3.8) is 0 Å². The van der Waals surface area contributed by atoms with E-state index in [-0.39, 0.29) is 6.61 Å². The molecular formula is C20H29NO12. The van der Waals surface area contributed by atoms with Crippen LogP contribution in [-0.4, -0.2) is 116 Å². The summed E-state index contributed by atoms with van der Waals surface area (Å²) in [6, 6.07) is 7.31. The molecule has 0 radical (unpaired) electrons. The number of aliphatic hydroxyl groups is 7. The zero-order valence-electron chi connectivity index (χ0n) is 17.5. The van der Waals surface area contributed by atoms with Crippen molar-refractivity contribution in [3.05, 3.63) is 35.9 Å². The van der Waals surface area contributed by atoms with Gasteiger partial charge in [0.05, 0.1) is 13.2 Å². The maximum atomic E-state index is 12.3. The molecule has 2 heterocycles. The molecule has 8 N–H and O–H groups in total. The van der Waals surface area contributed by atoms with Crippen LogP contribution in [0.25, 0.3) is 0 Å². The van der Waals surface area contributed by atoms with Gasteiger partial charge in [-0.3, -0.25) is 0 Å². The molecule has 4 unspecified atom stereocenters. The third-order valence-corrected chi connectivity index (χ3v) is 5.51. The molecule has 1 amide bonds. The summed E-state index contributed by atoms with van der Waals surface area (Å²) in [5.41, 5.74) is 0.697. The number of carbonyl (C=O) groups is 1. The number of aliphatic hydroxyl groups excluding tert-OH is 7. The highest BCUT2D eigenvalue weighted by molar-refractivity contribution is 5.67. The van der Waals surface area contributed by atoms with Crippen molar-refractivity contribution in [2.75, 3.05) is 13.2 Å². The summed E-state index contributed by atoms with van der Waals surface area (Å²) < 4.78 is 21.1. The van der Waals surface area contributed by atoms with E-state index in [2.05, 4.69) is 5.32 Å². The highest BCUT2D eigenvalue weighted by atomic mass is 16.7. The second-order valence-corrected chi connectivity index (χ2v) is 7.77. The maximum Gasteiger partial charge on any atom is 0.407 e. The van der Waals surface area contributed by atoms with Gasteiger partial charge in [0.2, 0.25) is 0 Å². The van der Waals surface area contributed by atoms with Crippen molar-refractivity contribution in [2.45, 2.75) is 68.0 Å². The van der Waals surface area contributed by atoms with Gasteiger partial charge in [-0.25, -0.2) is 4.79 Å².